The van der Waals surface area contributed by atoms with Crippen LogP contribution in [0, 0.1) is 0 Å². The highest BCUT2D eigenvalue weighted by Gasteiger charge is 2.11. The van der Waals surface area contributed by atoms with Crippen molar-refractivity contribution in [2.45, 2.75) is 13.1 Å². The number of furan rings is 1. The van der Waals surface area contributed by atoms with Gasteiger partial charge in [-0.1, -0.05) is 24.3 Å². The fourth-order valence-electron chi connectivity index (χ4n) is 2.34. The van der Waals surface area contributed by atoms with Crippen molar-refractivity contribution in [3.8, 4) is 0 Å². The number of hydrogen-bond acceptors (Lipinski definition) is 4. The lowest BCUT2D eigenvalue weighted by Gasteiger charge is -2.19. The summed E-state index contributed by atoms with van der Waals surface area (Å²) in [6.07, 6.45) is 1.69. The van der Waals surface area contributed by atoms with Crippen molar-refractivity contribution in [3.63, 3.8) is 0 Å². The zero-order valence-corrected chi connectivity index (χ0v) is 11.4. The first-order chi connectivity index (χ1) is 9.78. The van der Waals surface area contributed by atoms with Gasteiger partial charge in [-0.3, -0.25) is 0 Å². The maximum atomic E-state index is 5.75. The smallest absolute Gasteiger partial charge is 0.136 e. The first-order valence-corrected chi connectivity index (χ1v) is 6.60. The summed E-state index contributed by atoms with van der Waals surface area (Å²) in [5.74, 6) is 1.84. The van der Waals surface area contributed by atoms with Gasteiger partial charge in [0.2, 0.25) is 0 Å². The maximum absolute atomic E-state index is 5.75. The summed E-state index contributed by atoms with van der Waals surface area (Å²) >= 11 is 0. The number of hydrogen-bond donors (Lipinski definition) is 1. The molecule has 20 heavy (non-hydrogen) atoms. The van der Waals surface area contributed by atoms with Gasteiger partial charge in [-0.15, -0.1) is 0 Å². The lowest BCUT2D eigenvalue weighted by atomic mass is 10.1. The lowest BCUT2D eigenvalue weighted by molar-refractivity contribution is 0.507. The molecule has 3 rings (SSSR count). The average Bonchev–Trinajstić information content (AvgIpc) is 2.98. The fourth-order valence-corrected chi connectivity index (χ4v) is 2.34. The minimum absolute atomic E-state index is 0.437. The third-order valence-electron chi connectivity index (χ3n) is 3.32. The number of benzene rings is 1. The van der Waals surface area contributed by atoms with Crippen LogP contribution in [0.1, 0.15) is 11.5 Å². The zero-order valence-electron chi connectivity index (χ0n) is 11.4. The van der Waals surface area contributed by atoms with Gasteiger partial charge in [-0.05, 0) is 23.6 Å². The van der Waals surface area contributed by atoms with Crippen LogP contribution in [0.3, 0.4) is 0 Å². The van der Waals surface area contributed by atoms with Crippen LogP contribution in [-0.4, -0.2) is 12.0 Å². The Kier molecular flexibility index (Phi) is 3.39. The molecule has 4 heteroatoms. The summed E-state index contributed by atoms with van der Waals surface area (Å²) < 4.78 is 5.40. The van der Waals surface area contributed by atoms with E-state index in [4.69, 9.17) is 10.2 Å². The van der Waals surface area contributed by atoms with Crippen LogP contribution < -0.4 is 10.6 Å². The molecule has 0 aliphatic heterocycles. The van der Waals surface area contributed by atoms with Crippen molar-refractivity contribution in [3.05, 3.63) is 60.2 Å². The second-order valence-electron chi connectivity index (χ2n) is 4.80. The van der Waals surface area contributed by atoms with E-state index in [1.807, 2.05) is 37.4 Å². The van der Waals surface area contributed by atoms with Crippen LogP contribution in [-0.2, 0) is 13.1 Å². The minimum atomic E-state index is 0.437. The molecule has 102 valence electrons. The van der Waals surface area contributed by atoms with Gasteiger partial charge in [0.05, 0.1) is 18.5 Å². The molecule has 2 aromatic heterocycles. The fraction of sp³-hybridized carbons (Fsp3) is 0.188. The molecule has 0 radical (unpaired) electrons. The number of pyridine rings is 1. The van der Waals surface area contributed by atoms with Crippen molar-refractivity contribution in [2.75, 3.05) is 11.9 Å². The van der Waals surface area contributed by atoms with E-state index in [1.165, 1.54) is 0 Å². The molecule has 3 aromatic rings. The molecule has 0 saturated heterocycles. The van der Waals surface area contributed by atoms with Crippen molar-refractivity contribution in [2.24, 2.45) is 5.73 Å². The molecular formula is C16H17N3O. The molecule has 1 aromatic carbocycles. The standard InChI is InChI=1S/C16H17N3O/c1-19(11-14-6-4-8-20-14)16-15-7-3-2-5-12(15)9-13(10-17)18-16/h2-9H,10-11,17H2,1H3. The number of rotatable bonds is 4. The molecule has 0 saturated carbocycles. The Bertz CT molecular complexity index is 707. The van der Waals surface area contributed by atoms with E-state index in [0.29, 0.717) is 13.1 Å². The van der Waals surface area contributed by atoms with Crippen LogP contribution >= 0.6 is 0 Å². The van der Waals surface area contributed by atoms with E-state index < -0.39 is 0 Å². The van der Waals surface area contributed by atoms with Gasteiger partial charge in [0.15, 0.2) is 0 Å². The van der Waals surface area contributed by atoms with Crippen molar-refractivity contribution in [1.82, 2.24) is 4.98 Å². The van der Waals surface area contributed by atoms with E-state index in [0.717, 1.165) is 28.0 Å². The van der Waals surface area contributed by atoms with Crippen LogP contribution in [0.4, 0.5) is 5.82 Å². The third kappa shape index (κ3) is 2.38. The molecule has 0 fully saturated rings. The zero-order chi connectivity index (χ0) is 13.9. The van der Waals surface area contributed by atoms with Crippen molar-refractivity contribution >= 4 is 16.6 Å². The number of aromatic nitrogens is 1. The van der Waals surface area contributed by atoms with Crippen molar-refractivity contribution < 1.29 is 4.42 Å². The van der Waals surface area contributed by atoms with Crippen LogP contribution in [0.5, 0.6) is 0 Å². The van der Waals surface area contributed by atoms with Crippen LogP contribution in [0.2, 0.25) is 0 Å². The second kappa shape index (κ2) is 5.35. The molecule has 0 unspecified atom stereocenters. The summed E-state index contributed by atoms with van der Waals surface area (Å²) in [4.78, 5) is 6.74. The molecular weight excluding hydrogens is 250 g/mol. The number of nitrogens with zero attached hydrogens (tertiary/aromatic N) is 2. The number of fused-ring (bicyclic) bond motifs is 1. The summed E-state index contributed by atoms with van der Waals surface area (Å²) in [7, 11) is 2.01. The highest BCUT2D eigenvalue weighted by atomic mass is 16.3. The quantitative estimate of drug-likeness (QED) is 0.789. The molecule has 4 nitrogen and oxygen atoms in total. The van der Waals surface area contributed by atoms with E-state index in [9.17, 15) is 0 Å². The first kappa shape index (κ1) is 12.7. The van der Waals surface area contributed by atoms with Gasteiger partial charge in [-0.25, -0.2) is 4.98 Å². The van der Waals surface area contributed by atoms with Crippen molar-refractivity contribution in [1.29, 1.82) is 0 Å². The Morgan fingerprint density at radius 3 is 2.80 bits per heavy atom. The van der Waals surface area contributed by atoms with Gasteiger partial charge in [0, 0.05) is 19.0 Å². The Labute approximate surface area is 117 Å². The Morgan fingerprint density at radius 1 is 1.20 bits per heavy atom. The van der Waals surface area contributed by atoms with Gasteiger partial charge >= 0.3 is 0 Å². The lowest BCUT2D eigenvalue weighted by Crippen LogP contribution is -2.18. The van der Waals surface area contributed by atoms with Gasteiger partial charge in [0.25, 0.3) is 0 Å². The molecule has 2 N–H and O–H groups in total. The Hall–Kier alpha value is -2.33. The maximum Gasteiger partial charge on any atom is 0.136 e. The van der Waals surface area contributed by atoms with E-state index in [2.05, 4.69) is 22.0 Å². The summed E-state index contributed by atoms with van der Waals surface area (Å²) in [6.45, 7) is 1.12. The monoisotopic (exact) mass is 267 g/mol. The van der Waals surface area contributed by atoms with Gasteiger partial charge in [-0.2, -0.15) is 0 Å². The van der Waals surface area contributed by atoms with E-state index in [-0.39, 0.29) is 0 Å². The molecule has 0 aliphatic carbocycles. The normalized spacial score (nSPS) is 10.9. The molecule has 0 aliphatic rings. The highest BCUT2D eigenvalue weighted by molar-refractivity contribution is 5.92. The average molecular weight is 267 g/mol. The van der Waals surface area contributed by atoms with E-state index in [1.54, 1.807) is 6.26 Å². The second-order valence-corrected chi connectivity index (χ2v) is 4.80. The third-order valence-corrected chi connectivity index (χ3v) is 3.32. The summed E-state index contributed by atoms with van der Waals surface area (Å²) in [6, 6.07) is 14.1. The number of nitrogens with two attached hydrogens (primary N) is 1. The Balaban J connectivity index is 2.04. The van der Waals surface area contributed by atoms with Crippen LogP contribution in [0.25, 0.3) is 10.8 Å². The largest absolute Gasteiger partial charge is 0.467 e. The molecule has 0 spiro atoms. The molecule has 0 bridgehead atoms. The molecule has 0 amide bonds. The predicted molar refractivity (Wildman–Crippen MR) is 80.4 cm³/mol. The van der Waals surface area contributed by atoms with Gasteiger partial charge in [0.1, 0.15) is 11.6 Å². The predicted octanol–water partition coefficient (Wildman–Crippen LogP) is 2.92. The van der Waals surface area contributed by atoms with Gasteiger partial charge < -0.3 is 15.1 Å². The minimum Gasteiger partial charge on any atom is -0.467 e. The molecule has 2 heterocycles. The number of anilines is 1. The summed E-state index contributed by atoms with van der Waals surface area (Å²) in [5, 5.41) is 2.28. The first-order valence-electron chi connectivity index (χ1n) is 6.60. The highest BCUT2D eigenvalue weighted by Crippen LogP contribution is 2.26. The summed E-state index contributed by atoms with van der Waals surface area (Å²) in [5.41, 5.74) is 6.64. The van der Waals surface area contributed by atoms with Crippen LogP contribution in [0.15, 0.2) is 53.1 Å². The SMILES string of the molecule is CN(Cc1ccco1)c1nc(CN)cc2ccccc12. The molecule has 0 atom stereocenters. The van der Waals surface area contributed by atoms with E-state index >= 15 is 0 Å². The topological polar surface area (TPSA) is 55.3 Å². The Morgan fingerprint density at radius 2 is 2.05 bits per heavy atom.